The molecular formula is C32H54N2. The van der Waals surface area contributed by atoms with Crippen LogP contribution in [0.15, 0.2) is 42.1 Å². The van der Waals surface area contributed by atoms with Crippen LogP contribution in [0.2, 0.25) is 0 Å². The van der Waals surface area contributed by atoms with Crippen LogP contribution in [0.5, 0.6) is 0 Å². The lowest BCUT2D eigenvalue weighted by Crippen LogP contribution is -2.29. The van der Waals surface area contributed by atoms with Crippen LogP contribution in [0.1, 0.15) is 123 Å². The van der Waals surface area contributed by atoms with Gasteiger partial charge in [0.25, 0.3) is 0 Å². The predicted octanol–water partition coefficient (Wildman–Crippen LogP) is 9.64. The molecular weight excluding hydrogens is 412 g/mol. The van der Waals surface area contributed by atoms with E-state index in [1.54, 1.807) is 11.1 Å². The highest BCUT2D eigenvalue weighted by Crippen LogP contribution is 2.46. The Morgan fingerprint density at radius 1 is 1.18 bits per heavy atom. The van der Waals surface area contributed by atoms with Crippen molar-refractivity contribution < 1.29 is 0 Å². The molecule has 3 atom stereocenters. The topological polar surface area (TPSA) is 49.8 Å². The second-order valence-electron chi connectivity index (χ2n) is 11.1. The molecule has 0 fully saturated rings. The van der Waals surface area contributed by atoms with Gasteiger partial charge in [-0.05, 0) is 87.3 Å². The highest BCUT2D eigenvalue weighted by molar-refractivity contribution is 5.38. The Balaban J connectivity index is 0.000000824. The molecule has 0 aromatic heterocycles. The molecule has 0 aliphatic heterocycles. The van der Waals surface area contributed by atoms with Crippen molar-refractivity contribution in [2.45, 2.75) is 120 Å². The molecule has 0 radical (unpaired) electrons. The third-order valence-corrected chi connectivity index (χ3v) is 6.91. The average Bonchev–Trinajstić information content (AvgIpc) is 2.78. The summed E-state index contributed by atoms with van der Waals surface area (Å²) in [4.78, 5) is 0. The summed E-state index contributed by atoms with van der Waals surface area (Å²) in [6.45, 7) is 23.5. The summed E-state index contributed by atoms with van der Waals surface area (Å²) < 4.78 is 0. The van der Waals surface area contributed by atoms with Crippen LogP contribution < -0.4 is 5.73 Å². The van der Waals surface area contributed by atoms with Crippen molar-refractivity contribution in [2.75, 3.05) is 0 Å². The summed E-state index contributed by atoms with van der Waals surface area (Å²) in [5.41, 5.74) is 12.4. The first-order valence-corrected chi connectivity index (χ1v) is 13.5. The van der Waals surface area contributed by atoms with Gasteiger partial charge in [0.2, 0.25) is 0 Å². The maximum Gasteiger partial charge on any atom is 0.0652 e. The van der Waals surface area contributed by atoms with Gasteiger partial charge in [0.05, 0.1) is 6.07 Å². The zero-order valence-electron chi connectivity index (χ0n) is 23.9. The fraction of sp³-hybridized carbons (Fsp3) is 0.656. The van der Waals surface area contributed by atoms with E-state index in [-0.39, 0.29) is 5.92 Å². The van der Waals surface area contributed by atoms with Crippen molar-refractivity contribution in [3.63, 3.8) is 0 Å². The lowest BCUT2D eigenvalue weighted by Gasteiger charge is -2.40. The van der Waals surface area contributed by atoms with E-state index in [2.05, 4.69) is 78.5 Å². The smallest absolute Gasteiger partial charge is 0.0652 e. The highest BCUT2D eigenvalue weighted by atomic mass is 14.5. The van der Waals surface area contributed by atoms with Crippen molar-refractivity contribution in [3.05, 3.63) is 58.8 Å². The van der Waals surface area contributed by atoms with Crippen molar-refractivity contribution >= 4 is 0 Å². The highest BCUT2D eigenvalue weighted by Gasteiger charge is 2.34. The molecule has 3 unspecified atom stereocenters. The molecule has 0 amide bonds. The molecule has 1 aliphatic rings. The van der Waals surface area contributed by atoms with Gasteiger partial charge in [0.15, 0.2) is 0 Å². The van der Waals surface area contributed by atoms with E-state index in [0.29, 0.717) is 11.3 Å². The zero-order chi connectivity index (χ0) is 26.3. The summed E-state index contributed by atoms with van der Waals surface area (Å²) >= 11 is 0. The van der Waals surface area contributed by atoms with Crippen LogP contribution in [0, 0.1) is 35.5 Å². The second kappa shape index (κ2) is 16.6. The molecule has 1 aromatic carbocycles. The minimum atomic E-state index is 0.241. The van der Waals surface area contributed by atoms with Crippen LogP contribution in [0.3, 0.4) is 0 Å². The molecule has 1 aromatic rings. The lowest BCUT2D eigenvalue weighted by molar-refractivity contribution is 0.197. The van der Waals surface area contributed by atoms with Gasteiger partial charge in [-0.15, -0.1) is 0 Å². The molecule has 34 heavy (non-hydrogen) atoms. The molecule has 1 aliphatic carbocycles. The fourth-order valence-corrected chi connectivity index (χ4v) is 4.28. The summed E-state index contributed by atoms with van der Waals surface area (Å²) in [5.74, 6) is 1.58. The Bertz CT molecular complexity index is 788. The number of allylic oxidation sites excluding steroid dienone is 3. The van der Waals surface area contributed by atoms with Crippen LogP contribution in [-0.4, -0.2) is 0 Å². The molecule has 192 valence electrons. The van der Waals surface area contributed by atoms with Crippen molar-refractivity contribution in [2.24, 2.45) is 23.0 Å². The quantitative estimate of drug-likeness (QED) is 0.321. The van der Waals surface area contributed by atoms with Gasteiger partial charge in [-0.3, -0.25) is 0 Å². The molecule has 0 saturated carbocycles. The van der Waals surface area contributed by atoms with Crippen LogP contribution >= 0.6 is 0 Å². The average molecular weight is 467 g/mol. The number of benzene rings is 1. The summed E-state index contributed by atoms with van der Waals surface area (Å²) in [7, 11) is 0. The van der Waals surface area contributed by atoms with Gasteiger partial charge < -0.3 is 5.73 Å². The minimum absolute atomic E-state index is 0.241. The van der Waals surface area contributed by atoms with Gasteiger partial charge in [0, 0.05) is 17.5 Å². The third kappa shape index (κ3) is 12.5. The number of hydrogen-bond acceptors (Lipinski definition) is 2. The number of nitriles is 1. The normalized spacial score (nSPS) is 18.3. The summed E-state index contributed by atoms with van der Waals surface area (Å²) in [6.07, 6.45) is 12.2. The fourth-order valence-electron chi connectivity index (χ4n) is 4.28. The molecule has 2 rings (SSSR count). The first-order valence-electron chi connectivity index (χ1n) is 13.5. The maximum absolute atomic E-state index is 8.08. The van der Waals surface area contributed by atoms with Crippen LogP contribution in [-0.2, 0) is 6.42 Å². The third-order valence-electron chi connectivity index (χ3n) is 6.91. The van der Waals surface area contributed by atoms with Crippen LogP contribution in [0.25, 0.3) is 0 Å². The van der Waals surface area contributed by atoms with E-state index in [1.807, 2.05) is 20.8 Å². The Hall–Kier alpha value is -2.01. The SMILES string of the molecule is C=C(N)CC.CCC(C)C#N.CCCCCc1ccc(C2C=C(C)CCC2C(C)(C)C)c(C)c1. The van der Waals surface area contributed by atoms with E-state index in [1.165, 1.54) is 49.7 Å². The molecule has 0 bridgehead atoms. The minimum Gasteiger partial charge on any atom is -0.403 e. The lowest BCUT2D eigenvalue weighted by atomic mass is 9.65. The molecule has 0 saturated heterocycles. The van der Waals surface area contributed by atoms with E-state index in [0.717, 1.165) is 24.5 Å². The second-order valence-corrected chi connectivity index (χ2v) is 11.1. The number of aryl methyl sites for hydroxylation is 2. The van der Waals surface area contributed by atoms with Crippen molar-refractivity contribution in [3.8, 4) is 6.07 Å². The standard InChI is InChI=1S/C23H36.C5H9N.C4H9N/c1-7-8-9-10-19-12-13-20(18(3)16-19)21-15-17(2)11-14-22(21)23(4,5)6;1-3-5(2)4-6;1-3-4(2)5/h12-13,15-16,21-22H,7-11,14H2,1-6H3;5H,3H2,1-2H3;2-3,5H2,1H3. The number of hydrogen-bond donors (Lipinski definition) is 1. The number of rotatable bonds is 7. The first kappa shape index (κ1) is 32.0. The molecule has 0 heterocycles. The van der Waals surface area contributed by atoms with Gasteiger partial charge in [-0.25, -0.2) is 0 Å². The van der Waals surface area contributed by atoms with Gasteiger partial charge in [-0.2, -0.15) is 5.26 Å². The van der Waals surface area contributed by atoms with E-state index >= 15 is 0 Å². The van der Waals surface area contributed by atoms with Gasteiger partial charge in [-0.1, -0.05) is 90.8 Å². The first-order chi connectivity index (χ1) is 15.9. The van der Waals surface area contributed by atoms with E-state index in [4.69, 9.17) is 11.0 Å². The molecule has 2 nitrogen and oxygen atoms in total. The maximum atomic E-state index is 8.08. The van der Waals surface area contributed by atoms with Gasteiger partial charge in [0.1, 0.15) is 0 Å². The van der Waals surface area contributed by atoms with Crippen LogP contribution in [0.4, 0.5) is 0 Å². The molecule has 0 spiro atoms. The number of unbranched alkanes of at least 4 members (excludes halogenated alkanes) is 2. The predicted molar refractivity (Wildman–Crippen MR) is 152 cm³/mol. The monoisotopic (exact) mass is 466 g/mol. The van der Waals surface area contributed by atoms with Crippen molar-refractivity contribution in [1.29, 1.82) is 5.26 Å². The summed E-state index contributed by atoms with van der Waals surface area (Å²) in [6, 6.07) is 9.37. The zero-order valence-corrected chi connectivity index (χ0v) is 23.9. The largest absolute Gasteiger partial charge is 0.403 e. The van der Waals surface area contributed by atoms with Gasteiger partial charge >= 0.3 is 0 Å². The summed E-state index contributed by atoms with van der Waals surface area (Å²) in [5, 5.41) is 8.08. The Labute approximate surface area is 212 Å². The Morgan fingerprint density at radius 2 is 1.79 bits per heavy atom. The number of nitrogens with two attached hydrogens (primary N) is 1. The van der Waals surface area contributed by atoms with E-state index < -0.39 is 0 Å². The molecule has 2 N–H and O–H groups in total. The molecule has 2 heteroatoms. The van der Waals surface area contributed by atoms with E-state index in [9.17, 15) is 0 Å². The Morgan fingerprint density at radius 3 is 2.21 bits per heavy atom. The van der Waals surface area contributed by atoms with Crippen molar-refractivity contribution in [1.82, 2.24) is 0 Å². The number of nitrogens with zero attached hydrogens (tertiary/aromatic N) is 1. The Kier molecular flexibility index (Phi) is 15.6.